The molecular formula is C31H33N5O4. The summed E-state index contributed by atoms with van der Waals surface area (Å²) < 4.78 is 14.9. The lowest BCUT2D eigenvalue weighted by Gasteiger charge is -2.23. The quantitative estimate of drug-likeness (QED) is 0.232. The number of rotatable bonds is 5. The van der Waals surface area contributed by atoms with Crippen molar-refractivity contribution < 1.29 is 19.4 Å². The van der Waals surface area contributed by atoms with Crippen LogP contribution in [0, 0.1) is 5.92 Å². The zero-order chi connectivity index (χ0) is 27.1. The Hall–Kier alpha value is -3.98. The molecule has 2 aliphatic heterocycles. The molecule has 1 saturated carbocycles. The van der Waals surface area contributed by atoms with Gasteiger partial charge in [0.25, 0.3) is 0 Å². The summed E-state index contributed by atoms with van der Waals surface area (Å²) in [5.74, 6) is 2.01. The van der Waals surface area contributed by atoms with Gasteiger partial charge in [-0.1, -0.05) is 43.5 Å². The highest BCUT2D eigenvalue weighted by molar-refractivity contribution is 5.98. The summed E-state index contributed by atoms with van der Waals surface area (Å²) in [5, 5.41) is 23.5. The number of hydrogen-bond donors (Lipinski definition) is 1. The van der Waals surface area contributed by atoms with Gasteiger partial charge in [-0.15, -0.1) is 5.10 Å². The van der Waals surface area contributed by atoms with Crippen molar-refractivity contribution in [3.8, 4) is 17.0 Å². The highest BCUT2D eigenvalue weighted by atomic mass is 16.7. The first-order chi connectivity index (χ1) is 19.7. The summed E-state index contributed by atoms with van der Waals surface area (Å²) in [6.45, 7) is 2.32. The van der Waals surface area contributed by atoms with E-state index in [-0.39, 0.29) is 0 Å². The van der Waals surface area contributed by atoms with Crippen molar-refractivity contribution in [1.29, 1.82) is 0 Å². The van der Waals surface area contributed by atoms with Gasteiger partial charge in [-0.2, -0.15) is 0 Å². The minimum Gasteiger partial charge on any atom is -0.449 e. The van der Waals surface area contributed by atoms with E-state index in [2.05, 4.69) is 50.6 Å². The van der Waals surface area contributed by atoms with Crippen molar-refractivity contribution in [1.82, 2.24) is 24.8 Å². The number of nitrogens with zero attached hydrogens (tertiary/aromatic N) is 5. The summed E-state index contributed by atoms with van der Waals surface area (Å²) >= 11 is 0. The Bertz CT molecular complexity index is 1590. The van der Waals surface area contributed by atoms with Crippen LogP contribution in [0.1, 0.15) is 67.8 Å². The molecule has 0 amide bonds. The van der Waals surface area contributed by atoms with E-state index >= 15 is 0 Å². The second-order valence-corrected chi connectivity index (χ2v) is 11.2. The SMILES string of the molecule is O=C(O)Oc1ccc2c(C3CCCCC3)c3n(c2c1)C=C(c1nnnn1CC1CCOCC1)Cc1ccccc1-3. The van der Waals surface area contributed by atoms with E-state index < -0.39 is 6.16 Å². The van der Waals surface area contributed by atoms with Crippen molar-refractivity contribution >= 4 is 28.8 Å². The van der Waals surface area contributed by atoms with Crippen LogP contribution in [0.4, 0.5) is 4.79 Å². The van der Waals surface area contributed by atoms with Crippen LogP contribution < -0.4 is 4.74 Å². The molecule has 2 fully saturated rings. The van der Waals surface area contributed by atoms with Gasteiger partial charge >= 0.3 is 6.16 Å². The fraction of sp³-hybridized carbons (Fsp3) is 0.419. The molecule has 2 aromatic carbocycles. The number of carboxylic acid groups (broad SMARTS) is 1. The molecule has 0 spiro atoms. The highest BCUT2D eigenvalue weighted by Crippen LogP contribution is 2.47. The Morgan fingerprint density at radius 2 is 1.88 bits per heavy atom. The van der Waals surface area contributed by atoms with Gasteiger partial charge in [0, 0.05) is 55.0 Å². The van der Waals surface area contributed by atoms with Crippen molar-refractivity contribution in [2.24, 2.45) is 5.92 Å². The largest absolute Gasteiger partial charge is 0.511 e. The number of ether oxygens (including phenoxy) is 2. The third kappa shape index (κ3) is 4.58. The maximum absolute atomic E-state index is 11.4. The van der Waals surface area contributed by atoms with Gasteiger partial charge in [0.15, 0.2) is 5.82 Å². The van der Waals surface area contributed by atoms with Crippen molar-refractivity contribution in [3.05, 3.63) is 59.4 Å². The third-order valence-corrected chi connectivity index (χ3v) is 8.76. The molecule has 9 nitrogen and oxygen atoms in total. The van der Waals surface area contributed by atoms with E-state index in [9.17, 15) is 9.90 Å². The molecule has 7 rings (SSSR count). The highest BCUT2D eigenvalue weighted by Gasteiger charge is 2.30. The predicted molar refractivity (Wildman–Crippen MR) is 151 cm³/mol. The first kappa shape index (κ1) is 25.0. The summed E-state index contributed by atoms with van der Waals surface area (Å²) in [4.78, 5) is 11.4. The summed E-state index contributed by atoms with van der Waals surface area (Å²) in [5.41, 5.74) is 6.93. The average molecular weight is 540 g/mol. The van der Waals surface area contributed by atoms with Crippen LogP contribution >= 0.6 is 0 Å². The molecule has 0 atom stereocenters. The lowest BCUT2D eigenvalue weighted by molar-refractivity contribution is 0.0599. The Morgan fingerprint density at radius 3 is 2.70 bits per heavy atom. The zero-order valence-corrected chi connectivity index (χ0v) is 22.5. The van der Waals surface area contributed by atoms with Crippen LogP contribution in [0.25, 0.3) is 33.9 Å². The van der Waals surface area contributed by atoms with E-state index in [4.69, 9.17) is 9.47 Å². The molecule has 206 valence electrons. The number of tetrazole rings is 1. The van der Waals surface area contributed by atoms with Crippen molar-refractivity contribution in [2.75, 3.05) is 13.2 Å². The van der Waals surface area contributed by atoms with Crippen molar-refractivity contribution in [3.63, 3.8) is 0 Å². The summed E-state index contributed by atoms with van der Waals surface area (Å²) in [6, 6.07) is 14.3. The maximum Gasteiger partial charge on any atom is 0.511 e. The van der Waals surface area contributed by atoms with E-state index in [1.807, 2.05) is 16.8 Å². The number of hydrogen-bond acceptors (Lipinski definition) is 6. The molecule has 0 unspecified atom stereocenters. The lowest BCUT2D eigenvalue weighted by Crippen LogP contribution is -2.22. The monoisotopic (exact) mass is 539 g/mol. The van der Waals surface area contributed by atoms with Gasteiger partial charge in [0.1, 0.15) is 5.75 Å². The molecule has 0 radical (unpaired) electrons. The molecule has 1 aliphatic carbocycles. The van der Waals surface area contributed by atoms with Gasteiger partial charge in [0.2, 0.25) is 0 Å². The Balaban J connectivity index is 1.43. The zero-order valence-electron chi connectivity index (χ0n) is 22.5. The second kappa shape index (κ2) is 10.5. The summed E-state index contributed by atoms with van der Waals surface area (Å²) in [6.07, 6.45) is 9.59. The Morgan fingerprint density at radius 1 is 1.05 bits per heavy atom. The fourth-order valence-electron chi connectivity index (χ4n) is 6.87. The van der Waals surface area contributed by atoms with E-state index in [0.29, 0.717) is 24.0 Å². The van der Waals surface area contributed by atoms with E-state index in [1.54, 1.807) is 6.07 Å². The number of fused-ring (bicyclic) bond motifs is 5. The molecule has 1 N–H and O–H groups in total. The Labute approximate surface area is 232 Å². The van der Waals surface area contributed by atoms with Crippen LogP contribution in [0.5, 0.6) is 5.75 Å². The fourth-order valence-corrected chi connectivity index (χ4v) is 6.87. The van der Waals surface area contributed by atoms with Crippen LogP contribution in [0.15, 0.2) is 42.5 Å². The minimum absolute atomic E-state index is 0.312. The topological polar surface area (TPSA) is 104 Å². The van der Waals surface area contributed by atoms with E-state index in [0.717, 1.165) is 67.7 Å². The molecular weight excluding hydrogens is 506 g/mol. The Kier molecular flexibility index (Phi) is 6.59. The first-order valence-corrected chi connectivity index (χ1v) is 14.4. The normalized spacial score (nSPS) is 18.1. The summed E-state index contributed by atoms with van der Waals surface area (Å²) in [7, 11) is 0. The molecule has 3 aliphatic rings. The number of benzene rings is 2. The smallest absolute Gasteiger partial charge is 0.449 e. The molecule has 9 heteroatoms. The van der Waals surface area contributed by atoms with Gasteiger partial charge in [0.05, 0.1) is 11.2 Å². The lowest BCUT2D eigenvalue weighted by atomic mass is 9.81. The van der Waals surface area contributed by atoms with Gasteiger partial charge in [-0.05, 0) is 71.2 Å². The van der Waals surface area contributed by atoms with Gasteiger partial charge < -0.3 is 19.1 Å². The van der Waals surface area contributed by atoms with Crippen LogP contribution in [0.2, 0.25) is 0 Å². The third-order valence-electron chi connectivity index (χ3n) is 8.76. The molecule has 40 heavy (non-hydrogen) atoms. The van der Waals surface area contributed by atoms with Crippen LogP contribution in [-0.2, 0) is 17.7 Å². The van der Waals surface area contributed by atoms with Gasteiger partial charge in [-0.25, -0.2) is 9.48 Å². The number of carbonyl (C=O) groups is 1. The molecule has 2 aromatic heterocycles. The van der Waals surface area contributed by atoms with Crippen LogP contribution in [0.3, 0.4) is 0 Å². The first-order valence-electron chi connectivity index (χ1n) is 14.4. The van der Waals surface area contributed by atoms with Crippen LogP contribution in [-0.4, -0.2) is 49.3 Å². The average Bonchev–Trinajstić information content (AvgIpc) is 3.51. The molecule has 4 heterocycles. The van der Waals surface area contributed by atoms with Crippen molar-refractivity contribution in [2.45, 2.75) is 63.8 Å². The molecule has 0 bridgehead atoms. The van der Waals surface area contributed by atoms with Gasteiger partial charge in [-0.3, -0.25) is 0 Å². The standard InChI is InChI=1S/C31H33N5O4/c37-31(38)40-24-10-11-26-27(17-24)35-19-23(30-32-33-34-36(30)18-20-12-14-39-15-13-20)16-22-8-4-5-9-25(22)29(35)28(26)21-6-2-1-3-7-21/h4-5,8-11,17,19-21H,1-3,6-7,12-16,18H2,(H,37,38). The number of aromatic nitrogens is 5. The number of allylic oxidation sites excluding steroid dienone is 1. The molecule has 1 saturated heterocycles. The maximum atomic E-state index is 11.4. The van der Waals surface area contributed by atoms with E-state index in [1.165, 1.54) is 41.6 Å². The predicted octanol–water partition coefficient (Wildman–Crippen LogP) is 6.38. The molecule has 4 aromatic rings. The second-order valence-electron chi connectivity index (χ2n) is 11.2. The minimum atomic E-state index is -1.32.